The molecule has 0 aromatic heterocycles. The fourth-order valence-corrected chi connectivity index (χ4v) is 6.44. The Morgan fingerprint density at radius 2 is 0.325 bits per heavy atom. The smallest absolute Gasteiger partial charge is 0.0533 e. The monoisotopic (exact) mass is 562 g/mol. The minimum atomic E-state index is 1.12. The molecule has 0 atom stereocenters. The predicted octanol–water partition coefficient (Wildman–Crippen LogP) is 15.7. The van der Waals surface area contributed by atoms with Crippen molar-refractivity contribution in [1.82, 2.24) is 0 Å². The Labute approximate surface area is 257 Å². The average molecular weight is 562 g/mol. The number of hydrogen-bond donors (Lipinski definition) is 0. The van der Waals surface area contributed by atoms with Gasteiger partial charge in [0.25, 0.3) is 0 Å². The summed E-state index contributed by atoms with van der Waals surface area (Å²) in [4.78, 5) is 0. The van der Waals surface area contributed by atoms with Gasteiger partial charge in [0, 0.05) is 0 Å². The van der Waals surface area contributed by atoms with E-state index in [0.717, 1.165) is 6.42 Å². The summed E-state index contributed by atoms with van der Waals surface area (Å²) < 4.78 is 0. The van der Waals surface area contributed by atoms with E-state index < -0.39 is 0 Å². The maximum atomic E-state index is 3.93. The summed E-state index contributed by atoms with van der Waals surface area (Å²) in [5.74, 6) is 0. The SMILES string of the molecule is [CH2]CCCCCCCCCCCCCCCCCCCCCCCCCCCCCCCCCCCCCCC. The lowest BCUT2D eigenvalue weighted by Crippen LogP contribution is -1.85. The molecule has 0 amide bonds. The van der Waals surface area contributed by atoms with E-state index in [9.17, 15) is 0 Å². The molecule has 0 aromatic rings. The Morgan fingerprint density at radius 3 is 0.450 bits per heavy atom. The first-order chi connectivity index (χ1) is 19.9. The number of unbranched alkanes of at least 4 members (excludes halogenated alkanes) is 37. The molecule has 0 spiro atoms. The van der Waals surface area contributed by atoms with Gasteiger partial charge in [0.05, 0.1) is 0 Å². The maximum absolute atomic E-state index is 3.93. The zero-order chi connectivity index (χ0) is 28.9. The van der Waals surface area contributed by atoms with Crippen LogP contribution in [-0.4, -0.2) is 0 Å². The molecule has 1 radical (unpaired) electrons. The average Bonchev–Trinajstić information content (AvgIpc) is 2.97. The quantitative estimate of drug-likeness (QED) is 0.0661. The van der Waals surface area contributed by atoms with Crippen LogP contribution in [0.2, 0.25) is 0 Å². The third-order valence-corrected chi connectivity index (χ3v) is 9.35. The zero-order valence-corrected chi connectivity index (χ0v) is 28.6. The van der Waals surface area contributed by atoms with Gasteiger partial charge in [0.2, 0.25) is 0 Å². The van der Waals surface area contributed by atoms with Crippen LogP contribution in [0, 0.1) is 6.92 Å². The van der Waals surface area contributed by atoms with Gasteiger partial charge in [-0.2, -0.15) is 0 Å². The molecule has 0 aliphatic heterocycles. The summed E-state index contributed by atoms with van der Waals surface area (Å²) in [6.07, 6.45) is 55.8. The molecule has 0 nitrogen and oxygen atoms in total. The topological polar surface area (TPSA) is 0 Å². The minimum absolute atomic E-state index is 1.12. The first kappa shape index (κ1) is 40.0. The zero-order valence-electron chi connectivity index (χ0n) is 28.6. The largest absolute Gasteiger partial charge is 0.0654 e. The minimum Gasteiger partial charge on any atom is -0.0654 e. The van der Waals surface area contributed by atoms with Gasteiger partial charge in [0.15, 0.2) is 0 Å². The highest BCUT2D eigenvalue weighted by molar-refractivity contribution is 4.53. The lowest BCUT2D eigenvalue weighted by molar-refractivity contribution is 0.510. The van der Waals surface area contributed by atoms with Crippen LogP contribution in [0.3, 0.4) is 0 Å². The molecule has 0 heterocycles. The van der Waals surface area contributed by atoms with Crippen molar-refractivity contribution in [3.63, 3.8) is 0 Å². The number of rotatable bonds is 37. The van der Waals surface area contributed by atoms with Crippen LogP contribution in [0.4, 0.5) is 0 Å². The Balaban J connectivity index is 3.01. The molecular formula is C40H81. The van der Waals surface area contributed by atoms with E-state index in [0.29, 0.717) is 0 Å². The third kappa shape index (κ3) is 38.0. The van der Waals surface area contributed by atoms with Crippen LogP contribution in [0.1, 0.15) is 251 Å². The van der Waals surface area contributed by atoms with Gasteiger partial charge in [-0.3, -0.25) is 0 Å². The van der Waals surface area contributed by atoms with Crippen molar-refractivity contribution >= 4 is 0 Å². The summed E-state index contributed by atoms with van der Waals surface area (Å²) in [6.45, 7) is 6.24. The Hall–Kier alpha value is 0. The molecule has 241 valence electrons. The first-order valence-electron chi connectivity index (χ1n) is 19.7. The van der Waals surface area contributed by atoms with E-state index in [1.165, 1.54) is 238 Å². The van der Waals surface area contributed by atoms with Crippen LogP contribution in [0.15, 0.2) is 0 Å². The van der Waals surface area contributed by atoms with Gasteiger partial charge in [0.1, 0.15) is 0 Å². The van der Waals surface area contributed by atoms with Crippen LogP contribution in [-0.2, 0) is 0 Å². The molecule has 0 aliphatic rings. The van der Waals surface area contributed by atoms with Crippen molar-refractivity contribution in [1.29, 1.82) is 0 Å². The van der Waals surface area contributed by atoms with Gasteiger partial charge in [-0.1, -0.05) is 258 Å². The molecule has 0 saturated carbocycles. The van der Waals surface area contributed by atoms with Crippen molar-refractivity contribution in [3.05, 3.63) is 6.92 Å². The molecule has 0 saturated heterocycles. The summed E-state index contributed by atoms with van der Waals surface area (Å²) in [5, 5.41) is 0. The lowest BCUT2D eigenvalue weighted by Gasteiger charge is -2.05. The van der Waals surface area contributed by atoms with Crippen molar-refractivity contribution in [2.45, 2.75) is 251 Å². The van der Waals surface area contributed by atoms with E-state index in [-0.39, 0.29) is 0 Å². The standard InChI is InChI=1S/C40H81/c1-3-5-7-9-11-13-15-17-19-21-23-25-27-29-31-33-35-37-39-40-38-36-34-32-30-28-26-24-22-20-18-16-14-12-10-8-6-4-2/h1,3-40H2,2H3. The molecule has 0 fully saturated rings. The normalized spacial score (nSPS) is 11.6. The highest BCUT2D eigenvalue weighted by atomic mass is 14.0. The Kier molecular flexibility index (Phi) is 39.0. The molecule has 0 unspecified atom stereocenters. The summed E-state index contributed by atoms with van der Waals surface area (Å²) in [5.41, 5.74) is 0. The molecule has 0 N–H and O–H groups in total. The summed E-state index contributed by atoms with van der Waals surface area (Å²) >= 11 is 0. The lowest BCUT2D eigenvalue weighted by atomic mass is 10.0. The van der Waals surface area contributed by atoms with Crippen LogP contribution in [0.25, 0.3) is 0 Å². The fraction of sp³-hybridized carbons (Fsp3) is 0.975. The number of hydrogen-bond acceptors (Lipinski definition) is 0. The van der Waals surface area contributed by atoms with E-state index in [1.54, 1.807) is 0 Å². The van der Waals surface area contributed by atoms with E-state index in [4.69, 9.17) is 0 Å². The van der Waals surface area contributed by atoms with Crippen molar-refractivity contribution in [3.8, 4) is 0 Å². The van der Waals surface area contributed by atoms with Crippen LogP contribution in [0.5, 0.6) is 0 Å². The second-order valence-electron chi connectivity index (χ2n) is 13.6. The molecule has 40 heavy (non-hydrogen) atoms. The highest BCUT2D eigenvalue weighted by Gasteiger charge is 1.97. The van der Waals surface area contributed by atoms with Crippen LogP contribution >= 0.6 is 0 Å². The van der Waals surface area contributed by atoms with Crippen molar-refractivity contribution < 1.29 is 0 Å². The fourth-order valence-electron chi connectivity index (χ4n) is 6.44. The molecular weight excluding hydrogens is 480 g/mol. The van der Waals surface area contributed by atoms with Gasteiger partial charge >= 0.3 is 0 Å². The molecule has 0 rings (SSSR count). The van der Waals surface area contributed by atoms with Gasteiger partial charge in [-0.05, 0) is 0 Å². The second-order valence-corrected chi connectivity index (χ2v) is 13.6. The van der Waals surface area contributed by atoms with E-state index in [1.807, 2.05) is 0 Å². The molecule has 0 aliphatic carbocycles. The Morgan fingerprint density at radius 1 is 0.200 bits per heavy atom. The second kappa shape index (κ2) is 39.0. The Bertz CT molecular complexity index is 361. The van der Waals surface area contributed by atoms with Gasteiger partial charge in [-0.25, -0.2) is 0 Å². The first-order valence-corrected chi connectivity index (χ1v) is 19.7. The van der Waals surface area contributed by atoms with Gasteiger partial charge < -0.3 is 0 Å². The predicted molar refractivity (Wildman–Crippen MR) is 186 cm³/mol. The third-order valence-electron chi connectivity index (χ3n) is 9.35. The van der Waals surface area contributed by atoms with Crippen molar-refractivity contribution in [2.75, 3.05) is 0 Å². The summed E-state index contributed by atoms with van der Waals surface area (Å²) in [6, 6.07) is 0. The van der Waals surface area contributed by atoms with E-state index >= 15 is 0 Å². The molecule has 0 aromatic carbocycles. The van der Waals surface area contributed by atoms with Crippen LogP contribution < -0.4 is 0 Å². The summed E-state index contributed by atoms with van der Waals surface area (Å²) in [7, 11) is 0. The molecule has 0 heteroatoms. The highest BCUT2D eigenvalue weighted by Crippen LogP contribution is 2.17. The van der Waals surface area contributed by atoms with Gasteiger partial charge in [-0.15, -0.1) is 0 Å². The van der Waals surface area contributed by atoms with E-state index in [2.05, 4.69) is 13.8 Å². The maximum Gasteiger partial charge on any atom is -0.0533 e. The van der Waals surface area contributed by atoms with Crippen molar-refractivity contribution in [2.24, 2.45) is 0 Å². The molecule has 0 bridgehead atoms.